The second-order valence-electron chi connectivity index (χ2n) is 4.50. The Kier molecular flexibility index (Phi) is 4.86. The van der Waals surface area contributed by atoms with Crippen molar-refractivity contribution in [1.29, 1.82) is 0 Å². The second-order valence-corrected chi connectivity index (χ2v) is 5.34. The van der Waals surface area contributed by atoms with Crippen molar-refractivity contribution in [2.24, 2.45) is 5.73 Å². The van der Waals surface area contributed by atoms with Crippen LogP contribution in [0.5, 0.6) is 5.75 Å². The lowest BCUT2D eigenvalue weighted by Crippen LogP contribution is -2.29. The lowest BCUT2D eigenvalue weighted by Gasteiger charge is -2.23. The first-order chi connectivity index (χ1) is 9.49. The molecule has 0 saturated heterocycles. The zero-order valence-electron chi connectivity index (χ0n) is 10.8. The molecule has 2 unspecified atom stereocenters. The van der Waals surface area contributed by atoms with Crippen LogP contribution in [0.4, 0.5) is 4.39 Å². The Hall–Kier alpha value is -1.29. The van der Waals surface area contributed by atoms with Gasteiger partial charge in [-0.05, 0) is 36.8 Å². The summed E-state index contributed by atoms with van der Waals surface area (Å²) in [6.07, 6.45) is -0.486. The molecule has 0 bridgehead atoms. The van der Waals surface area contributed by atoms with Crippen molar-refractivity contribution >= 4 is 23.2 Å². The molecule has 0 heterocycles. The van der Waals surface area contributed by atoms with Crippen LogP contribution in [0.15, 0.2) is 42.5 Å². The first-order valence-electron chi connectivity index (χ1n) is 6.10. The summed E-state index contributed by atoms with van der Waals surface area (Å²) in [4.78, 5) is 0. The van der Waals surface area contributed by atoms with Crippen LogP contribution in [0.2, 0.25) is 10.0 Å². The largest absolute Gasteiger partial charge is 0.481 e. The normalized spacial score (nSPS) is 13.8. The van der Waals surface area contributed by atoms with E-state index in [0.29, 0.717) is 5.02 Å². The van der Waals surface area contributed by atoms with E-state index in [1.54, 1.807) is 37.3 Å². The van der Waals surface area contributed by atoms with E-state index < -0.39 is 11.9 Å². The minimum atomic E-state index is -0.589. The maximum Gasteiger partial charge on any atom is 0.183 e. The summed E-state index contributed by atoms with van der Waals surface area (Å²) in [5, 5.41) is 0.633. The van der Waals surface area contributed by atoms with Crippen molar-refractivity contribution in [2.75, 3.05) is 0 Å². The Labute approximate surface area is 127 Å². The van der Waals surface area contributed by atoms with Crippen LogP contribution in [0.25, 0.3) is 0 Å². The molecule has 2 nitrogen and oxygen atoms in total. The maximum absolute atomic E-state index is 13.9. The van der Waals surface area contributed by atoms with Gasteiger partial charge in [0.05, 0.1) is 5.02 Å². The number of benzene rings is 2. The van der Waals surface area contributed by atoms with E-state index in [0.717, 1.165) is 5.56 Å². The maximum atomic E-state index is 13.9. The van der Waals surface area contributed by atoms with Gasteiger partial charge in [-0.2, -0.15) is 0 Å². The van der Waals surface area contributed by atoms with E-state index in [1.165, 1.54) is 12.1 Å². The number of hydrogen-bond donors (Lipinski definition) is 1. The number of nitrogens with two attached hydrogens (primary N) is 1. The van der Waals surface area contributed by atoms with Gasteiger partial charge in [0.2, 0.25) is 0 Å². The molecule has 106 valence electrons. The van der Waals surface area contributed by atoms with Crippen LogP contribution in [-0.4, -0.2) is 6.04 Å². The van der Waals surface area contributed by atoms with Gasteiger partial charge in [-0.1, -0.05) is 41.4 Å². The molecule has 5 heteroatoms. The molecule has 0 aliphatic rings. The first kappa shape index (κ1) is 15.1. The van der Waals surface area contributed by atoms with E-state index in [2.05, 4.69) is 0 Å². The molecule has 0 aliphatic carbocycles. The van der Waals surface area contributed by atoms with Crippen molar-refractivity contribution < 1.29 is 9.13 Å². The smallest absolute Gasteiger partial charge is 0.183 e. The Morgan fingerprint density at radius 2 is 1.75 bits per heavy atom. The fraction of sp³-hybridized carbons (Fsp3) is 0.200. The SMILES string of the molecule is CC(N)C(Oc1cccc(Cl)c1F)c1ccc(Cl)cc1. The molecule has 0 saturated carbocycles. The summed E-state index contributed by atoms with van der Waals surface area (Å²) in [6, 6.07) is 11.4. The Morgan fingerprint density at radius 1 is 1.10 bits per heavy atom. The molecular formula is C15H14Cl2FNO. The summed E-state index contributed by atoms with van der Waals surface area (Å²) in [6.45, 7) is 1.79. The van der Waals surface area contributed by atoms with Crippen LogP contribution in [0.1, 0.15) is 18.6 Å². The molecule has 0 radical (unpaired) electrons. The average Bonchev–Trinajstić information content (AvgIpc) is 2.41. The Morgan fingerprint density at radius 3 is 2.35 bits per heavy atom. The van der Waals surface area contributed by atoms with E-state index in [-0.39, 0.29) is 16.8 Å². The van der Waals surface area contributed by atoms with Crippen molar-refractivity contribution in [1.82, 2.24) is 0 Å². The molecule has 0 amide bonds. The Balaban J connectivity index is 2.30. The highest BCUT2D eigenvalue weighted by atomic mass is 35.5. The topological polar surface area (TPSA) is 35.2 Å². The minimum absolute atomic E-state index is 0.0158. The van der Waals surface area contributed by atoms with Crippen molar-refractivity contribution in [3.05, 3.63) is 63.9 Å². The molecule has 2 N–H and O–H groups in total. The van der Waals surface area contributed by atoms with Crippen LogP contribution in [0.3, 0.4) is 0 Å². The van der Waals surface area contributed by atoms with Crippen molar-refractivity contribution in [3.63, 3.8) is 0 Å². The molecule has 2 atom stereocenters. The van der Waals surface area contributed by atoms with Gasteiger partial charge in [-0.15, -0.1) is 0 Å². The summed E-state index contributed by atoms with van der Waals surface area (Å²) in [5.41, 5.74) is 6.75. The van der Waals surface area contributed by atoms with Gasteiger partial charge < -0.3 is 10.5 Å². The lowest BCUT2D eigenvalue weighted by atomic mass is 10.0. The molecule has 2 aromatic rings. The van der Waals surface area contributed by atoms with Crippen LogP contribution in [0, 0.1) is 5.82 Å². The average molecular weight is 314 g/mol. The molecule has 2 aromatic carbocycles. The number of hydrogen-bond acceptors (Lipinski definition) is 2. The van der Waals surface area contributed by atoms with E-state index >= 15 is 0 Å². The highest BCUT2D eigenvalue weighted by molar-refractivity contribution is 6.31. The van der Waals surface area contributed by atoms with Crippen LogP contribution < -0.4 is 10.5 Å². The number of halogens is 3. The second kappa shape index (κ2) is 6.44. The molecule has 0 spiro atoms. The lowest BCUT2D eigenvalue weighted by molar-refractivity contribution is 0.172. The minimum Gasteiger partial charge on any atom is -0.481 e. The summed E-state index contributed by atoms with van der Waals surface area (Å²) < 4.78 is 19.6. The quantitative estimate of drug-likeness (QED) is 0.895. The monoisotopic (exact) mass is 313 g/mol. The highest BCUT2D eigenvalue weighted by Crippen LogP contribution is 2.30. The highest BCUT2D eigenvalue weighted by Gasteiger charge is 2.20. The zero-order valence-corrected chi connectivity index (χ0v) is 12.3. The number of ether oxygens (including phenoxy) is 1. The van der Waals surface area contributed by atoms with Gasteiger partial charge in [0.25, 0.3) is 0 Å². The summed E-state index contributed by atoms with van der Waals surface area (Å²) in [7, 11) is 0. The molecule has 20 heavy (non-hydrogen) atoms. The first-order valence-corrected chi connectivity index (χ1v) is 6.86. The van der Waals surface area contributed by atoms with E-state index in [9.17, 15) is 4.39 Å². The fourth-order valence-corrected chi connectivity index (χ4v) is 2.14. The molecule has 0 fully saturated rings. The molecule has 2 rings (SSSR count). The predicted octanol–water partition coefficient (Wildman–Crippen LogP) is 4.60. The van der Waals surface area contributed by atoms with Gasteiger partial charge in [-0.3, -0.25) is 0 Å². The van der Waals surface area contributed by atoms with Crippen LogP contribution in [-0.2, 0) is 0 Å². The summed E-state index contributed by atoms with van der Waals surface area (Å²) >= 11 is 11.6. The van der Waals surface area contributed by atoms with Crippen LogP contribution >= 0.6 is 23.2 Å². The summed E-state index contributed by atoms with van der Waals surface area (Å²) in [5.74, 6) is -0.511. The van der Waals surface area contributed by atoms with E-state index in [1.807, 2.05) is 0 Å². The van der Waals surface area contributed by atoms with Gasteiger partial charge in [-0.25, -0.2) is 4.39 Å². The van der Waals surface area contributed by atoms with Gasteiger partial charge in [0.1, 0.15) is 6.10 Å². The third-order valence-corrected chi connectivity index (χ3v) is 3.39. The Bertz CT molecular complexity index is 587. The van der Waals surface area contributed by atoms with Gasteiger partial charge >= 0.3 is 0 Å². The third-order valence-electron chi connectivity index (χ3n) is 2.85. The van der Waals surface area contributed by atoms with Gasteiger partial charge in [0, 0.05) is 11.1 Å². The van der Waals surface area contributed by atoms with Crippen molar-refractivity contribution in [3.8, 4) is 5.75 Å². The van der Waals surface area contributed by atoms with E-state index in [4.69, 9.17) is 33.7 Å². The van der Waals surface area contributed by atoms with Crippen molar-refractivity contribution in [2.45, 2.75) is 19.1 Å². The molecule has 0 aromatic heterocycles. The molecular weight excluding hydrogens is 300 g/mol. The standard InChI is InChI=1S/C15H14Cl2FNO/c1-9(19)15(10-5-7-11(16)8-6-10)20-13-4-2-3-12(17)14(13)18/h2-9,15H,19H2,1H3. The third kappa shape index (κ3) is 3.42. The zero-order chi connectivity index (χ0) is 14.7. The fourth-order valence-electron chi connectivity index (χ4n) is 1.84. The van der Waals surface area contributed by atoms with Gasteiger partial charge in [0.15, 0.2) is 11.6 Å². The number of rotatable bonds is 4. The molecule has 0 aliphatic heterocycles. The predicted molar refractivity (Wildman–Crippen MR) is 79.9 cm³/mol.